The predicted molar refractivity (Wildman–Crippen MR) is 107 cm³/mol. The summed E-state index contributed by atoms with van der Waals surface area (Å²) in [6.07, 6.45) is -1.03. The molecule has 7 heteroatoms. The third-order valence-electron chi connectivity index (χ3n) is 3.79. The summed E-state index contributed by atoms with van der Waals surface area (Å²) in [5, 5.41) is 3.14. The van der Waals surface area contributed by atoms with E-state index in [9.17, 15) is 9.59 Å². The Hall–Kier alpha value is -2.24. The summed E-state index contributed by atoms with van der Waals surface area (Å²) >= 11 is 12.0. The third-order valence-corrected chi connectivity index (χ3v) is 4.42. The van der Waals surface area contributed by atoms with Crippen molar-refractivity contribution < 1.29 is 19.1 Å². The van der Waals surface area contributed by atoms with Gasteiger partial charge in [-0.1, -0.05) is 55.2 Å². The fourth-order valence-electron chi connectivity index (χ4n) is 2.22. The summed E-state index contributed by atoms with van der Waals surface area (Å²) < 4.78 is 10.5. The molecule has 1 amide bonds. The molecular formula is C20H21Cl2NO4. The van der Waals surface area contributed by atoms with Gasteiger partial charge in [-0.25, -0.2) is 4.79 Å². The molecule has 0 aliphatic heterocycles. The maximum Gasteiger partial charge on any atom is 0.344 e. The first-order valence-corrected chi connectivity index (χ1v) is 9.20. The number of benzene rings is 2. The number of esters is 1. The molecule has 27 heavy (non-hydrogen) atoms. The quantitative estimate of drug-likeness (QED) is 0.648. The van der Waals surface area contributed by atoms with Crippen LogP contribution in [0.25, 0.3) is 0 Å². The lowest BCUT2D eigenvalue weighted by molar-refractivity contribution is -0.155. The van der Waals surface area contributed by atoms with Gasteiger partial charge in [-0.15, -0.1) is 0 Å². The van der Waals surface area contributed by atoms with Crippen LogP contribution in [0.15, 0.2) is 42.5 Å². The van der Waals surface area contributed by atoms with Crippen molar-refractivity contribution in [3.63, 3.8) is 0 Å². The molecule has 2 rings (SSSR count). The Labute approximate surface area is 168 Å². The zero-order valence-corrected chi connectivity index (χ0v) is 16.8. The number of carbonyl (C=O) groups excluding carboxylic acids is 2. The van der Waals surface area contributed by atoms with Crippen LogP contribution in [0.5, 0.6) is 5.75 Å². The van der Waals surface area contributed by atoms with Crippen LogP contribution in [0.4, 0.5) is 5.69 Å². The smallest absolute Gasteiger partial charge is 0.344 e. The lowest BCUT2D eigenvalue weighted by Crippen LogP contribution is -2.31. The van der Waals surface area contributed by atoms with Crippen LogP contribution in [0, 0.1) is 0 Å². The molecule has 0 saturated carbocycles. The van der Waals surface area contributed by atoms with Gasteiger partial charge in [-0.05, 0) is 42.7 Å². The topological polar surface area (TPSA) is 64.6 Å². The molecule has 2 aromatic carbocycles. The summed E-state index contributed by atoms with van der Waals surface area (Å²) in [4.78, 5) is 24.1. The van der Waals surface area contributed by atoms with Crippen molar-refractivity contribution in [1.29, 1.82) is 0 Å². The molecule has 144 valence electrons. The number of anilines is 1. The van der Waals surface area contributed by atoms with Gasteiger partial charge in [-0.3, -0.25) is 4.79 Å². The standard InChI is InChI=1S/C20H21Cl2NO4/c1-12(2)14-7-9-15(10-8-14)26-11-18(24)27-13(3)20(25)23-19-16(21)5-4-6-17(19)22/h4-10,12-13H,11H2,1-3H3,(H,23,25)/t13-/m0/s1. The minimum atomic E-state index is -1.03. The zero-order chi connectivity index (χ0) is 20.0. The summed E-state index contributed by atoms with van der Waals surface area (Å²) in [5.41, 5.74) is 1.45. The van der Waals surface area contributed by atoms with Crippen LogP contribution in [0.2, 0.25) is 10.0 Å². The molecule has 0 heterocycles. The van der Waals surface area contributed by atoms with Gasteiger partial charge >= 0.3 is 5.97 Å². The van der Waals surface area contributed by atoms with E-state index >= 15 is 0 Å². The molecule has 2 aromatic rings. The van der Waals surface area contributed by atoms with Crippen LogP contribution in [0.1, 0.15) is 32.3 Å². The SMILES string of the molecule is CC(C)c1ccc(OCC(=O)O[C@@H](C)C(=O)Nc2c(Cl)cccc2Cl)cc1. The van der Waals surface area contributed by atoms with Crippen molar-refractivity contribution in [2.45, 2.75) is 32.8 Å². The normalized spacial score (nSPS) is 11.8. The van der Waals surface area contributed by atoms with Crippen molar-refractivity contribution in [2.24, 2.45) is 0 Å². The average Bonchev–Trinajstić information content (AvgIpc) is 2.63. The monoisotopic (exact) mass is 409 g/mol. The molecule has 0 aliphatic carbocycles. The summed E-state index contributed by atoms with van der Waals surface area (Å²) in [7, 11) is 0. The lowest BCUT2D eigenvalue weighted by Gasteiger charge is -2.15. The van der Waals surface area contributed by atoms with Gasteiger partial charge in [0.15, 0.2) is 12.7 Å². The van der Waals surface area contributed by atoms with Gasteiger partial charge in [0.05, 0.1) is 15.7 Å². The molecule has 0 aliphatic rings. The highest BCUT2D eigenvalue weighted by Gasteiger charge is 2.20. The largest absolute Gasteiger partial charge is 0.482 e. The van der Waals surface area contributed by atoms with Crippen molar-refractivity contribution in [3.05, 3.63) is 58.1 Å². The Kier molecular flexibility index (Phi) is 7.51. The van der Waals surface area contributed by atoms with Crippen LogP contribution in [-0.2, 0) is 14.3 Å². The fourth-order valence-corrected chi connectivity index (χ4v) is 2.71. The van der Waals surface area contributed by atoms with Crippen LogP contribution in [0.3, 0.4) is 0 Å². The first-order chi connectivity index (χ1) is 12.8. The number of halogens is 2. The Morgan fingerprint density at radius 2 is 1.59 bits per heavy atom. The van der Waals surface area contributed by atoms with E-state index in [2.05, 4.69) is 19.2 Å². The van der Waals surface area contributed by atoms with E-state index in [0.29, 0.717) is 21.7 Å². The lowest BCUT2D eigenvalue weighted by atomic mass is 10.0. The van der Waals surface area contributed by atoms with E-state index in [1.165, 1.54) is 12.5 Å². The average molecular weight is 410 g/mol. The first-order valence-electron chi connectivity index (χ1n) is 8.45. The number of ether oxygens (including phenoxy) is 2. The maximum atomic E-state index is 12.2. The maximum absolute atomic E-state index is 12.2. The number of carbonyl (C=O) groups is 2. The van der Waals surface area contributed by atoms with E-state index in [0.717, 1.165) is 0 Å². The number of hydrogen-bond donors (Lipinski definition) is 1. The van der Waals surface area contributed by atoms with Gasteiger partial charge in [-0.2, -0.15) is 0 Å². The molecule has 5 nitrogen and oxygen atoms in total. The van der Waals surface area contributed by atoms with E-state index in [1.54, 1.807) is 30.3 Å². The highest BCUT2D eigenvalue weighted by Crippen LogP contribution is 2.29. The molecule has 0 spiro atoms. The molecular weight excluding hydrogens is 389 g/mol. The summed E-state index contributed by atoms with van der Waals surface area (Å²) in [6.45, 7) is 5.34. The van der Waals surface area contributed by atoms with E-state index in [-0.39, 0.29) is 12.3 Å². The summed E-state index contributed by atoms with van der Waals surface area (Å²) in [6, 6.07) is 12.3. The van der Waals surface area contributed by atoms with Crippen molar-refractivity contribution in [2.75, 3.05) is 11.9 Å². The Morgan fingerprint density at radius 1 is 1.00 bits per heavy atom. The zero-order valence-electron chi connectivity index (χ0n) is 15.3. The minimum Gasteiger partial charge on any atom is -0.482 e. The van der Waals surface area contributed by atoms with Gasteiger partial charge in [0.25, 0.3) is 5.91 Å². The van der Waals surface area contributed by atoms with Gasteiger partial charge in [0.1, 0.15) is 5.75 Å². The minimum absolute atomic E-state index is 0.273. The highest BCUT2D eigenvalue weighted by atomic mass is 35.5. The predicted octanol–water partition coefficient (Wildman–Crippen LogP) is 5.07. The van der Waals surface area contributed by atoms with Crippen molar-refractivity contribution >= 4 is 40.8 Å². The van der Waals surface area contributed by atoms with E-state index in [1.807, 2.05) is 12.1 Å². The van der Waals surface area contributed by atoms with Crippen LogP contribution < -0.4 is 10.1 Å². The Morgan fingerprint density at radius 3 is 2.15 bits per heavy atom. The molecule has 0 bridgehead atoms. The van der Waals surface area contributed by atoms with E-state index in [4.69, 9.17) is 32.7 Å². The number of nitrogens with one attached hydrogen (secondary N) is 1. The van der Waals surface area contributed by atoms with E-state index < -0.39 is 18.0 Å². The third kappa shape index (κ3) is 6.15. The first kappa shape index (κ1) is 21.1. The number of para-hydroxylation sites is 1. The van der Waals surface area contributed by atoms with Gasteiger partial charge in [0, 0.05) is 0 Å². The van der Waals surface area contributed by atoms with Crippen LogP contribution >= 0.6 is 23.2 Å². The molecule has 0 fully saturated rings. The molecule has 0 aromatic heterocycles. The fraction of sp³-hybridized carbons (Fsp3) is 0.300. The van der Waals surface area contributed by atoms with Crippen molar-refractivity contribution in [1.82, 2.24) is 0 Å². The van der Waals surface area contributed by atoms with Crippen molar-refractivity contribution in [3.8, 4) is 5.75 Å². The van der Waals surface area contributed by atoms with Gasteiger partial charge in [0.2, 0.25) is 0 Å². The highest BCUT2D eigenvalue weighted by molar-refractivity contribution is 6.39. The molecule has 1 N–H and O–H groups in total. The summed E-state index contributed by atoms with van der Waals surface area (Å²) in [5.74, 6) is -0.234. The second-order valence-corrected chi connectivity index (χ2v) is 7.04. The second kappa shape index (κ2) is 9.62. The van der Waals surface area contributed by atoms with Gasteiger partial charge < -0.3 is 14.8 Å². The Balaban J connectivity index is 1.84. The number of hydrogen-bond acceptors (Lipinski definition) is 4. The Bertz CT molecular complexity index is 786. The molecule has 0 radical (unpaired) electrons. The second-order valence-electron chi connectivity index (χ2n) is 6.23. The molecule has 1 atom stereocenters. The molecule has 0 unspecified atom stereocenters. The molecule has 0 saturated heterocycles. The number of amides is 1. The van der Waals surface area contributed by atoms with Crippen LogP contribution in [-0.4, -0.2) is 24.6 Å². The number of rotatable bonds is 7.